The molecule has 0 atom stereocenters. The molecule has 0 aromatic heterocycles. The summed E-state index contributed by atoms with van der Waals surface area (Å²) in [7, 11) is 1.30. The fourth-order valence-corrected chi connectivity index (χ4v) is 1.92. The van der Waals surface area contributed by atoms with E-state index in [-0.39, 0.29) is 17.0 Å². The van der Waals surface area contributed by atoms with Gasteiger partial charge in [0.25, 0.3) is 5.91 Å². The molecule has 0 aliphatic heterocycles. The second kappa shape index (κ2) is 6.00. The minimum atomic E-state index is -0.570. The van der Waals surface area contributed by atoms with E-state index < -0.39 is 17.5 Å². The maximum Gasteiger partial charge on any atom is 0.255 e. The van der Waals surface area contributed by atoms with Crippen molar-refractivity contribution in [2.75, 3.05) is 12.4 Å². The van der Waals surface area contributed by atoms with Gasteiger partial charge in [0.05, 0.1) is 12.8 Å². The number of benzene rings is 2. The van der Waals surface area contributed by atoms with E-state index >= 15 is 0 Å². The highest BCUT2D eigenvalue weighted by atomic mass is 79.9. The summed E-state index contributed by atoms with van der Waals surface area (Å²) in [5.41, 5.74) is 0.215. The van der Waals surface area contributed by atoms with Crippen LogP contribution in [-0.4, -0.2) is 13.0 Å². The lowest BCUT2D eigenvalue weighted by molar-refractivity contribution is 0.102. The molecule has 0 heterocycles. The highest BCUT2D eigenvalue weighted by Gasteiger charge is 2.12. The van der Waals surface area contributed by atoms with Crippen LogP contribution in [0.4, 0.5) is 14.5 Å². The van der Waals surface area contributed by atoms with E-state index in [9.17, 15) is 13.6 Å². The summed E-state index contributed by atoms with van der Waals surface area (Å²) in [6, 6.07) is 7.93. The predicted molar refractivity (Wildman–Crippen MR) is 75.0 cm³/mol. The molecule has 20 heavy (non-hydrogen) atoms. The third-order valence-corrected chi connectivity index (χ3v) is 3.09. The Morgan fingerprint density at radius 3 is 2.55 bits per heavy atom. The van der Waals surface area contributed by atoms with Crippen LogP contribution in [0.5, 0.6) is 5.75 Å². The fraction of sp³-hybridized carbons (Fsp3) is 0.0714. The molecule has 0 spiro atoms. The Hall–Kier alpha value is -1.95. The molecular formula is C14H10BrF2NO2. The summed E-state index contributed by atoms with van der Waals surface area (Å²) in [6.07, 6.45) is 0. The van der Waals surface area contributed by atoms with Gasteiger partial charge in [0.1, 0.15) is 5.82 Å². The first-order chi connectivity index (χ1) is 9.51. The van der Waals surface area contributed by atoms with Gasteiger partial charge < -0.3 is 10.1 Å². The lowest BCUT2D eigenvalue weighted by Gasteiger charge is -2.08. The number of nitrogens with one attached hydrogen (secondary N) is 1. The molecule has 1 amide bonds. The third kappa shape index (κ3) is 3.14. The van der Waals surface area contributed by atoms with Crippen molar-refractivity contribution in [3.63, 3.8) is 0 Å². The molecule has 0 unspecified atom stereocenters. The molecule has 0 aliphatic carbocycles. The minimum absolute atomic E-state index is 0.0430. The van der Waals surface area contributed by atoms with Crippen LogP contribution in [0.25, 0.3) is 0 Å². The van der Waals surface area contributed by atoms with Crippen molar-refractivity contribution in [2.24, 2.45) is 0 Å². The van der Waals surface area contributed by atoms with E-state index in [1.54, 1.807) is 6.07 Å². The maximum atomic E-state index is 13.6. The van der Waals surface area contributed by atoms with Gasteiger partial charge >= 0.3 is 0 Å². The van der Waals surface area contributed by atoms with E-state index in [4.69, 9.17) is 4.74 Å². The molecule has 0 saturated heterocycles. The van der Waals surface area contributed by atoms with Gasteiger partial charge in [-0.3, -0.25) is 4.79 Å². The molecule has 104 valence electrons. The molecule has 2 aromatic carbocycles. The molecule has 0 fully saturated rings. The molecule has 1 N–H and O–H groups in total. The van der Waals surface area contributed by atoms with Crippen LogP contribution < -0.4 is 10.1 Å². The normalized spacial score (nSPS) is 10.2. The van der Waals surface area contributed by atoms with Crippen LogP contribution in [-0.2, 0) is 0 Å². The molecule has 6 heteroatoms. The van der Waals surface area contributed by atoms with Crippen LogP contribution in [0.1, 0.15) is 10.4 Å². The van der Waals surface area contributed by atoms with Crippen LogP contribution in [0.15, 0.2) is 40.9 Å². The highest BCUT2D eigenvalue weighted by Crippen LogP contribution is 2.22. The average molecular weight is 342 g/mol. The smallest absolute Gasteiger partial charge is 0.255 e. The molecule has 0 aliphatic rings. The van der Waals surface area contributed by atoms with E-state index in [0.717, 1.165) is 6.07 Å². The number of ether oxygens (including phenoxy) is 1. The Morgan fingerprint density at radius 1 is 1.15 bits per heavy atom. The molecule has 3 nitrogen and oxygen atoms in total. The Bertz CT molecular complexity index is 662. The van der Waals surface area contributed by atoms with Crippen LogP contribution >= 0.6 is 15.9 Å². The lowest BCUT2D eigenvalue weighted by Crippen LogP contribution is -2.13. The second-order valence-corrected chi connectivity index (χ2v) is 4.84. The molecule has 0 radical (unpaired) electrons. The van der Waals surface area contributed by atoms with Crippen molar-refractivity contribution in [3.05, 3.63) is 58.1 Å². The van der Waals surface area contributed by atoms with Gasteiger partial charge in [-0.05, 0) is 36.4 Å². The van der Waals surface area contributed by atoms with E-state index in [2.05, 4.69) is 21.2 Å². The first kappa shape index (κ1) is 14.5. The van der Waals surface area contributed by atoms with Crippen molar-refractivity contribution < 1.29 is 18.3 Å². The molecular weight excluding hydrogens is 332 g/mol. The molecule has 0 bridgehead atoms. The largest absolute Gasteiger partial charge is 0.494 e. The zero-order valence-corrected chi connectivity index (χ0v) is 12.0. The number of methoxy groups -OCH3 is 1. The van der Waals surface area contributed by atoms with E-state index in [1.165, 1.54) is 31.4 Å². The van der Waals surface area contributed by atoms with Gasteiger partial charge in [-0.25, -0.2) is 8.78 Å². The molecule has 2 aromatic rings. The second-order valence-electron chi connectivity index (χ2n) is 3.93. The average Bonchev–Trinajstić information content (AvgIpc) is 2.42. The van der Waals surface area contributed by atoms with Crippen LogP contribution in [0.2, 0.25) is 0 Å². The van der Waals surface area contributed by atoms with Gasteiger partial charge in [0.15, 0.2) is 11.6 Å². The van der Waals surface area contributed by atoms with Crippen molar-refractivity contribution in [1.82, 2.24) is 0 Å². The Morgan fingerprint density at radius 2 is 1.90 bits per heavy atom. The highest BCUT2D eigenvalue weighted by molar-refractivity contribution is 9.10. The zero-order valence-electron chi connectivity index (χ0n) is 10.4. The SMILES string of the molecule is COc1cc(C(=O)Nc2ccc(Br)cc2F)ccc1F. The van der Waals surface area contributed by atoms with Crippen LogP contribution in [0.3, 0.4) is 0 Å². The van der Waals surface area contributed by atoms with Gasteiger partial charge in [-0.15, -0.1) is 0 Å². The summed E-state index contributed by atoms with van der Waals surface area (Å²) in [6.45, 7) is 0. The van der Waals surface area contributed by atoms with Crippen LogP contribution in [0, 0.1) is 11.6 Å². The molecule has 2 rings (SSSR count). The number of carbonyl (C=O) groups is 1. The summed E-state index contributed by atoms with van der Waals surface area (Å²) in [4.78, 5) is 12.0. The van der Waals surface area contributed by atoms with Gasteiger partial charge in [0.2, 0.25) is 0 Å². The van der Waals surface area contributed by atoms with Gasteiger partial charge in [-0.1, -0.05) is 15.9 Å². The monoisotopic (exact) mass is 341 g/mol. The van der Waals surface area contributed by atoms with E-state index in [0.29, 0.717) is 4.47 Å². The topological polar surface area (TPSA) is 38.3 Å². The van der Waals surface area contributed by atoms with Crippen molar-refractivity contribution >= 4 is 27.5 Å². The third-order valence-electron chi connectivity index (χ3n) is 2.59. The van der Waals surface area contributed by atoms with Crippen molar-refractivity contribution in [3.8, 4) is 5.75 Å². The standard InChI is InChI=1S/C14H10BrF2NO2/c1-20-13-6-8(2-4-10(13)16)14(19)18-12-5-3-9(15)7-11(12)17/h2-7H,1H3,(H,18,19). The van der Waals surface area contributed by atoms with Crippen molar-refractivity contribution in [1.29, 1.82) is 0 Å². The summed E-state index contributed by atoms with van der Waals surface area (Å²) >= 11 is 3.12. The Kier molecular flexibility index (Phi) is 4.34. The predicted octanol–water partition coefficient (Wildman–Crippen LogP) is 3.99. The quantitative estimate of drug-likeness (QED) is 0.916. The Balaban J connectivity index is 2.24. The number of amides is 1. The number of hydrogen-bond donors (Lipinski definition) is 1. The number of hydrogen-bond acceptors (Lipinski definition) is 2. The number of carbonyl (C=O) groups excluding carboxylic acids is 1. The lowest BCUT2D eigenvalue weighted by atomic mass is 10.2. The zero-order chi connectivity index (χ0) is 14.7. The number of rotatable bonds is 3. The summed E-state index contributed by atoms with van der Waals surface area (Å²) in [5, 5.41) is 2.41. The molecule has 0 saturated carbocycles. The first-order valence-corrected chi connectivity index (χ1v) is 6.40. The van der Waals surface area contributed by atoms with Gasteiger partial charge in [-0.2, -0.15) is 0 Å². The van der Waals surface area contributed by atoms with E-state index in [1.807, 2.05) is 0 Å². The number of anilines is 1. The van der Waals surface area contributed by atoms with Gasteiger partial charge in [0, 0.05) is 10.0 Å². The Labute approximate surface area is 122 Å². The fourth-order valence-electron chi connectivity index (χ4n) is 1.59. The summed E-state index contributed by atoms with van der Waals surface area (Å²) in [5.74, 6) is -1.74. The number of halogens is 3. The first-order valence-electron chi connectivity index (χ1n) is 5.61. The minimum Gasteiger partial charge on any atom is -0.494 e. The summed E-state index contributed by atoms with van der Waals surface area (Å²) < 4.78 is 32.2. The van der Waals surface area contributed by atoms with Crippen molar-refractivity contribution in [2.45, 2.75) is 0 Å². The maximum absolute atomic E-state index is 13.6.